The number of nitrogens with one attached hydrogen (secondary N) is 3. The maximum Gasteiger partial charge on any atom is 0.254 e. The topological polar surface area (TPSA) is 133 Å². The number of likely N-dealkylation sites (N-methyl/N-ethyl adjacent to an activating group) is 1. The minimum atomic E-state index is -0.736. The van der Waals surface area contributed by atoms with E-state index in [1.165, 1.54) is 12.8 Å². The number of hydrogen-bond donors (Lipinski definition) is 3. The summed E-state index contributed by atoms with van der Waals surface area (Å²) in [6.45, 7) is 1.95. The number of halogens is 1. The summed E-state index contributed by atoms with van der Waals surface area (Å²) >= 11 is 6.20. The molecule has 290 valence electrons. The molecule has 3 fully saturated rings. The molecule has 3 heterocycles. The van der Waals surface area contributed by atoms with Crippen LogP contribution in [0.1, 0.15) is 53.6 Å². The van der Waals surface area contributed by atoms with Gasteiger partial charge in [0.2, 0.25) is 17.7 Å². The lowest BCUT2D eigenvalue weighted by Crippen LogP contribution is -2.56. The third-order valence-electron chi connectivity index (χ3n) is 11.5. The van der Waals surface area contributed by atoms with Gasteiger partial charge in [0, 0.05) is 60.9 Å². The van der Waals surface area contributed by atoms with E-state index in [9.17, 15) is 19.2 Å². The molecule has 3 aromatic carbocycles. The monoisotopic (exact) mass is 767 g/mol. The first kappa shape index (κ1) is 38.3. The Balaban J connectivity index is 1.08. The number of carbonyl (C=O) groups excluding carboxylic acids is 4. The molecular weight excluding hydrogens is 718 g/mol. The van der Waals surface area contributed by atoms with Gasteiger partial charge in [-0.15, -0.1) is 0 Å². The number of hydrogen-bond acceptors (Lipinski definition) is 6. The van der Waals surface area contributed by atoms with E-state index < -0.39 is 12.0 Å². The molecule has 1 aromatic heterocycles. The summed E-state index contributed by atoms with van der Waals surface area (Å²) in [5, 5.41) is 7.28. The Bertz CT molecular complexity index is 2010. The van der Waals surface area contributed by atoms with Crippen LogP contribution in [0.4, 0.5) is 0 Å². The standard InChI is InChI=1S/C43H50ClN5O6/c1-45-42(52)36(10-6-9-27-7-4-3-5-8-27)47-41(51)35-26-48(40(50)20-30-22-46-37-21-32(44)14-15-33(30)37)23-31-24-49(25-34(31)35)43(53)29-13-16-38(39(19-29)54-2)55-18-17-28-11-12-28/h3-5,7-8,13-16,19,21-22,28,31,34-36,46H,6,9-12,17-18,20,23-26H2,1-2H3,(H,45,52)(H,47,51)/t31?,34?,35?,36-/m0/s1. The highest BCUT2D eigenvalue weighted by Crippen LogP contribution is 2.38. The van der Waals surface area contributed by atoms with Crippen molar-refractivity contribution < 1.29 is 28.7 Å². The maximum absolute atomic E-state index is 14.3. The number of aryl methyl sites for hydroxylation is 1. The number of nitrogens with zero attached hydrogens (tertiary/aromatic N) is 2. The summed E-state index contributed by atoms with van der Waals surface area (Å²) in [5.74, 6) is 0.0515. The highest BCUT2D eigenvalue weighted by atomic mass is 35.5. The Kier molecular flexibility index (Phi) is 12.0. The molecule has 1 saturated carbocycles. The van der Waals surface area contributed by atoms with Gasteiger partial charge in [-0.05, 0) is 84.9 Å². The molecule has 0 spiro atoms. The molecular formula is C43H50ClN5O6. The van der Waals surface area contributed by atoms with E-state index in [0.29, 0.717) is 61.2 Å². The van der Waals surface area contributed by atoms with Crippen molar-refractivity contribution in [1.29, 1.82) is 0 Å². The van der Waals surface area contributed by atoms with Crippen LogP contribution in [-0.2, 0) is 27.2 Å². The number of rotatable bonds is 15. The third kappa shape index (κ3) is 9.10. The summed E-state index contributed by atoms with van der Waals surface area (Å²) < 4.78 is 11.6. The molecule has 3 aliphatic rings. The maximum atomic E-state index is 14.3. The second-order valence-electron chi connectivity index (χ2n) is 15.2. The Morgan fingerprint density at radius 3 is 2.51 bits per heavy atom. The molecule has 2 saturated heterocycles. The van der Waals surface area contributed by atoms with Gasteiger partial charge >= 0.3 is 0 Å². The van der Waals surface area contributed by atoms with Crippen LogP contribution in [0, 0.1) is 23.7 Å². The number of ether oxygens (including phenoxy) is 2. The zero-order valence-corrected chi connectivity index (χ0v) is 32.3. The van der Waals surface area contributed by atoms with Crippen LogP contribution in [0.25, 0.3) is 10.9 Å². The molecule has 0 radical (unpaired) electrons. The normalized spacial score (nSPS) is 19.8. The van der Waals surface area contributed by atoms with Crippen LogP contribution in [0.5, 0.6) is 11.5 Å². The number of fused-ring (bicyclic) bond motifs is 2. The van der Waals surface area contributed by atoms with Gasteiger partial charge in [0.1, 0.15) is 6.04 Å². The smallest absolute Gasteiger partial charge is 0.254 e. The van der Waals surface area contributed by atoms with Crippen molar-refractivity contribution in [3.05, 3.63) is 94.6 Å². The summed E-state index contributed by atoms with van der Waals surface area (Å²) in [5.41, 5.74) is 3.32. The van der Waals surface area contributed by atoms with Gasteiger partial charge in [-0.25, -0.2) is 0 Å². The number of aromatic nitrogens is 1. The average molecular weight is 768 g/mol. The minimum absolute atomic E-state index is 0.107. The molecule has 4 aromatic rings. The van der Waals surface area contributed by atoms with Gasteiger partial charge in [0.25, 0.3) is 5.91 Å². The van der Waals surface area contributed by atoms with Crippen LogP contribution in [0.3, 0.4) is 0 Å². The van der Waals surface area contributed by atoms with E-state index in [2.05, 4.69) is 15.6 Å². The minimum Gasteiger partial charge on any atom is -0.493 e. The van der Waals surface area contributed by atoms with Crippen LogP contribution in [-0.4, -0.2) is 91.4 Å². The summed E-state index contributed by atoms with van der Waals surface area (Å²) in [7, 11) is 3.13. The van der Waals surface area contributed by atoms with Crippen molar-refractivity contribution >= 4 is 46.1 Å². The van der Waals surface area contributed by atoms with E-state index in [0.717, 1.165) is 40.8 Å². The van der Waals surface area contributed by atoms with Crippen LogP contribution in [0.2, 0.25) is 5.02 Å². The fourth-order valence-corrected chi connectivity index (χ4v) is 8.40. The lowest BCUT2D eigenvalue weighted by Gasteiger charge is -2.40. The molecule has 1 aliphatic carbocycles. The zero-order valence-electron chi connectivity index (χ0n) is 31.5. The van der Waals surface area contributed by atoms with E-state index in [1.54, 1.807) is 48.2 Å². The molecule has 3 N–H and O–H groups in total. The number of likely N-dealkylation sites (tertiary alicyclic amines) is 2. The van der Waals surface area contributed by atoms with Gasteiger partial charge < -0.3 is 34.9 Å². The van der Waals surface area contributed by atoms with Gasteiger partial charge in [-0.1, -0.05) is 60.8 Å². The lowest BCUT2D eigenvalue weighted by atomic mass is 9.79. The van der Waals surface area contributed by atoms with Crippen molar-refractivity contribution in [3.8, 4) is 11.5 Å². The van der Waals surface area contributed by atoms with E-state index in [-0.39, 0.29) is 48.4 Å². The number of benzene rings is 3. The molecule has 4 amide bonds. The number of aromatic amines is 1. The van der Waals surface area contributed by atoms with Gasteiger partial charge in [-0.3, -0.25) is 19.2 Å². The molecule has 2 aliphatic heterocycles. The Morgan fingerprint density at radius 2 is 1.75 bits per heavy atom. The second-order valence-corrected chi connectivity index (χ2v) is 15.7. The first-order chi connectivity index (χ1) is 26.7. The molecule has 12 heteroatoms. The number of carbonyl (C=O) groups is 4. The fourth-order valence-electron chi connectivity index (χ4n) is 8.22. The van der Waals surface area contributed by atoms with Crippen molar-refractivity contribution in [3.63, 3.8) is 0 Å². The van der Waals surface area contributed by atoms with E-state index in [4.69, 9.17) is 21.1 Å². The van der Waals surface area contributed by atoms with E-state index >= 15 is 0 Å². The molecule has 0 bridgehead atoms. The van der Waals surface area contributed by atoms with Gasteiger partial charge in [-0.2, -0.15) is 0 Å². The predicted molar refractivity (Wildman–Crippen MR) is 211 cm³/mol. The number of methoxy groups -OCH3 is 1. The fraction of sp³-hybridized carbons (Fsp3) is 0.442. The van der Waals surface area contributed by atoms with E-state index in [1.807, 2.05) is 48.7 Å². The first-order valence-corrected chi connectivity index (χ1v) is 19.8. The largest absolute Gasteiger partial charge is 0.493 e. The Morgan fingerprint density at radius 1 is 0.945 bits per heavy atom. The van der Waals surface area contributed by atoms with Gasteiger partial charge in [0.15, 0.2) is 11.5 Å². The van der Waals surface area contributed by atoms with Crippen LogP contribution in [0.15, 0.2) is 72.9 Å². The summed E-state index contributed by atoms with van der Waals surface area (Å²) in [6, 6.07) is 20.1. The van der Waals surface area contributed by atoms with Crippen molar-refractivity contribution in [2.75, 3.05) is 46.9 Å². The van der Waals surface area contributed by atoms with Crippen LogP contribution < -0.4 is 20.1 Å². The Labute approximate surface area is 327 Å². The van der Waals surface area contributed by atoms with Crippen molar-refractivity contribution in [1.82, 2.24) is 25.4 Å². The van der Waals surface area contributed by atoms with Crippen molar-refractivity contribution in [2.24, 2.45) is 23.7 Å². The lowest BCUT2D eigenvalue weighted by molar-refractivity contribution is -0.140. The molecule has 55 heavy (non-hydrogen) atoms. The zero-order chi connectivity index (χ0) is 38.5. The number of amides is 4. The first-order valence-electron chi connectivity index (χ1n) is 19.4. The highest BCUT2D eigenvalue weighted by molar-refractivity contribution is 6.31. The number of H-pyrrole nitrogens is 1. The molecule has 11 nitrogen and oxygen atoms in total. The third-order valence-corrected chi connectivity index (χ3v) is 11.7. The molecule has 7 rings (SSSR count). The molecule has 3 unspecified atom stereocenters. The van der Waals surface area contributed by atoms with Crippen molar-refractivity contribution in [2.45, 2.75) is 51.0 Å². The Hall–Kier alpha value is -5.03. The predicted octanol–water partition coefficient (Wildman–Crippen LogP) is 5.65. The van der Waals surface area contributed by atoms with Crippen LogP contribution >= 0.6 is 11.6 Å². The second kappa shape index (κ2) is 17.2. The highest BCUT2D eigenvalue weighted by Gasteiger charge is 2.48. The molecule has 4 atom stereocenters. The SMILES string of the molecule is CNC(=O)[C@H](CCCc1ccccc1)NC(=O)C1CN(C(=O)Cc2c[nH]c3cc(Cl)ccc23)CC2CN(C(=O)c3ccc(OCCC4CC4)c(OC)c3)CC21. The average Bonchev–Trinajstić information content (AvgIpc) is 3.79. The summed E-state index contributed by atoms with van der Waals surface area (Å²) in [6.07, 6.45) is 7.42. The quantitative estimate of drug-likeness (QED) is 0.143. The summed E-state index contributed by atoms with van der Waals surface area (Å²) in [4.78, 5) is 62.2. The number of piperidine rings is 1. The van der Waals surface area contributed by atoms with Gasteiger partial charge in [0.05, 0.1) is 26.1 Å².